The van der Waals surface area contributed by atoms with Crippen LogP contribution < -0.4 is 5.73 Å². The Morgan fingerprint density at radius 2 is 2.00 bits per heavy atom. The predicted octanol–water partition coefficient (Wildman–Crippen LogP) is 3.72. The van der Waals surface area contributed by atoms with E-state index in [0.29, 0.717) is 18.5 Å². The smallest absolute Gasteiger partial charge is 0.0406 e. The summed E-state index contributed by atoms with van der Waals surface area (Å²) in [7, 11) is 0. The molecule has 1 aliphatic heterocycles. The summed E-state index contributed by atoms with van der Waals surface area (Å²) < 4.78 is 0. The van der Waals surface area contributed by atoms with Crippen LogP contribution in [0, 0.1) is 5.92 Å². The van der Waals surface area contributed by atoms with Gasteiger partial charge < -0.3 is 5.73 Å². The molecule has 1 fully saturated rings. The third kappa shape index (κ3) is 3.36. The molecule has 0 spiro atoms. The van der Waals surface area contributed by atoms with E-state index in [4.69, 9.17) is 17.3 Å². The number of rotatable bonds is 5. The summed E-state index contributed by atoms with van der Waals surface area (Å²) in [5.74, 6) is 0.689. The van der Waals surface area contributed by atoms with E-state index in [9.17, 15) is 0 Å². The first kappa shape index (κ1) is 15.8. The van der Waals surface area contributed by atoms with Crippen LogP contribution in [0.4, 0.5) is 0 Å². The highest BCUT2D eigenvalue weighted by molar-refractivity contribution is 6.30. The molecule has 2 N–H and O–H groups in total. The molecule has 0 bridgehead atoms. The van der Waals surface area contributed by atoms with E-state index in [-0.39, 0.29) is 5.54 Å². The lowest BCUT2D eigenvalue weighted by Crippen LogP contribution is -2.56. The van der Waals surface area contributed by atoms with Gasteiger partial charge in [0.05, 0.1) is 0 Å². The quantitative estimate of drug-likeness (QED) is 0.897. The van der Waals surface area contributed by atoms with Crippen molar-refractivity contribution in [3.63, 3.8) is 0 Å². The molecule has 1 heterocycles. The summed E-state index contributed by atoms with van der Waals surface area (Å²) in [5, 5.41) is 0.796. The monoisotopic (exact) mass is 294 g/mol. The third-order valence-electron chi connectivity index (χ3n) is 4.70. The molecule has 3 heteroatoms. The van der Waals surface area contributed by atoms with Gasteiger partial charge in [-0.25, -0.2) is 0 Å². The van der Waals surface area contributed by atoms with E-state index < -0.39 is 0 Å². The van der Waals surface area contributed by atoms with Crippen molar-refractivity contribution in [3.05, 3.63) is 34.9 Å². The molecule has 20 heavy (non-hydrogen) atoms. The average molecular weight is 295 g/mol. The first-order valence-electron chi connectivity index (χ1n) is 7.67. The van der Waals surface area contributed by atoms with Gasteiger partial charge in [0, 0.05) is 23.1 Å². The van der Waals surface area contributed by atoms with E-state index >= 15 is 0 Å². The fraction of sp³-hybridized carbons (Fsp3) is 0.647. The second-order valence-electron chi connectivity index (χ2n) is 6.65. The minimum atomic E-state index is 0.0409. The number of nitrogens with two attached hydrogens (primary N) is 1. The second-order valence-corrected chi connectivity index (χ2v) is 7.09. The average Bonchev–Trinajstić information content (AvgIpc) is 2.91. The van der Waals surface area contributed by atoms with Crippen LogP contribution in [-0.4, -0.2) is 29.6 Å². The summed E-state index contributed by atoms with van der Waals surface area (Å²) in [6, 6.07) is 8.85. The first-order valence-corrected chi connectivity index (χ1v) is 8.05. The van der Waals surface area contributed by atoms with Crippen LogP contribution in [0.1, 0.15) is 39.2 Å². The van der Waals surface area contributed by atoms with Crippen molar-refractivity contribution in [1.82, 2.24) is 4.90 Å². The Morgan fingerprint density at radius 1 is 1.35 bits per heavy atom. The second kappa shape index (κ2) is 6.46. The van der Waals surface area contributed by atoms with Crippen molar-refractivity contribution >= 4 is 11.6 Å². The minimum absolute atomic E-state index is 0.0409. The van der Waals surface area contributed by atoms with Crippen LogP contribution in [0.2, 0.25) is 5.02 Å². The Labute approximate surface area is 128 Å². The molecular formula is C17H27ClN2. The first-order chi connectivity index (χ1) is 9.46. The van der Waals surface area contributed by atoms with Gasteiger partial charge in [0.1, 0.15) is 0 Å². The lowest BCUT2D eigenvalue weighted by Gasteiger charge is -2.43. The Bertz CT molecular complexity index is 429. The van der Waals surface area contributed by atoms with Crippen molar-refractivity contribution in [2.45, 2.75) is 51.6 Å². The molecule has 0 amide bonds. The molecule has 2 nitrogen and oxygen atoms in total. The molecule has 0 aromatic heterocycles. The number of likely N-dealkylation sites (tertiary alicyclic amines) is 1. The highest BCUT2D eigenvalue weighted by Crippen LogP contribution is 2.32. The lowest BCUT2D eigenvalue weighted by molar-refractivity contribution is 0.0736. The van der Waals surface area contributed by atoms with Crippen molar-refractivity contribution in [2.75, 3.05) is 13.1 Å². The topological polar surface area (TPSA) is 29.3 Å². The molecule has 112 valence electrons. The maximum Gasteiger partial charge on any atom is 0.0406 e. The van der Waals surface area contributed by atoms with Crippen LogP contribution in [-0.2, 0) is 6.42 Å². The molecule has 1 saturated heterocycles. The van der Waals surface area contributed by atoms with Crippen molar-refractivity contribution < 1.29 is 0 Å². The van der Waals surface area contributed by atoms with E-state index in [2.05, 4.69) is 37.8 Å². The molecule has 1 aromatic carbocycles. The summed E-state index contributed by atoms with van der Waals surface area (Å²) in [5.41, 5.74) is 7.52. The summed E-state index contributed by atoms with van der Waals surface area (Å²) in [4.78, 5) is 2.65. The fourth-order valence-electron chi connectivity index (χ4n) is 3.49. The highest BCUT2D eigenvalue weighted by atomic mass is 35.5. The van der Waals surface area contributed by atoms with Crippen LogP contribution in [0.5, 0.6) is 0 Å². The fourth-order valence-corrected chi connectivity index (χ4v) is 3.61. The molecule has 2 atom stereocenters. The Balaban J connectivity index is 2.17. The standard InChI is InChI=1S/C17H27ClN2/c1-13(2)16-5-4-10-20(16)17(3,12-19)11-14-6-8-15(18)9-7-14/h6-9,13,16H,4-5,10-12,19H2,1-3H3. The van der Waals surface area contributed by atoms with E-state index in [1.807, 2.05) is 12.1 Å². The van der Waals surface area contributed by atoms with Crippen LogP contribution >= 0.6 is 11.6 Å². The van der Waals surface area contributed by atoms with Gasteiger partial charge in [-0.2, -0.15) is 0 Å². The molecule has 1 aliphatic rings. The van der Waals surface area contributed by atoms with Crippen LogP contribution in [0.3, 0.4) is 0 Å². The molecule has 1 aromatic rings. The third-order valence-corrected chi connectivity index (χ3v) is 4.95. The SMILES string of the molecule is CC(C)C1CCCN1C(C)(CN)Cc1ccc(Cl)cc1. The van der Waals surface area contributed by atoms with Crippen molar-refractivity contribution in [3.8, 4) is 0 Å². The zero-order valence-corrected chi connectivity index (χ0v) is 13.7. The van der Waals surface area contributed by atoms with Gasteiger partial charge in [-0.15, -0.1) is 0 Å². The largest absolute Gasteiger partial charge is 0.329 e. The van der Waals surface area contributed by atoms with Crippen LogP contribution in [0.25, 0.3) is 0 Å². The van der Waals surface area contributed by atoms with E-state index in [0.717, 1.165) is 11.4 Å². The van der Waals surface area contributed by atoms with Gasteiger partial charge in [-0.05, 0) is 56.3 Å². The van der Waals surface area contributed by atoms with Gasteiger partial charge in [-0.3, -0.25) is 4.90 Å². The van der Waals surface area contributed by atoms with Crippen molar-refractivity contribution in [1.29, 1.82) is 0 Å². The van der Waals surface area contributed by atoms with Gasteiger partial charge in [0.2, 0.25) is 0 Å². The molecule has 0 aliphatic carbocycles. The highest BCUT2D eigenvalue weighted by Gasteiger charge is 2.39. The predicted molar refractivity (Wildman–Crippen MR) is 87.2 cm³/mol. The summed E-state index contributed by atoms with van der Waals surface area (Å²) in [6.07, 6.45) is 3.58. The number of hydrogen-bond acceptors (Lipinski definition) is 2. The molecular weight excluding hydrogens is 268 g/mol. The lowest BCUT2D eigenvalue weighted by atomic mass is 9.88. The Morgan fingerprint density at radius 3 is 2.55 bits per heavy atom. The minimum Gasteiger partial charge on any atom is -0.329 e. The van der Waals surface area contributed by atoms with E-state index in [1.54, 1.807) is 0 Å². The summed E-state index contributed by atoms with van der Waals surface area (Å²) in [6.45, 7) is 8.82. The Hall–Kier alpha value is -0.570. The van der Waals surface area contributed by atoms with E-state index in [1.165, 1.54) is 24.9 Å². The number of benzene rings is 1. The van der Waals surface area contributed by atoms with Gasteiger partial charge in [0.15, 0.2) is 0 Å². The van der Waals surface area contributed by atoms with Gasteiger partial charge in [0.25, 0.3) is 0 Å². The summed E-state index contributed by atoms with van der Waals surface area (Å²) >= 11 is 5.97. The van der Waals surface area contributed by atoms with Crippen molar-refractivity contribution in [2.24, 2.45) is 11.7 Å². The molecule has 2 unspecified atom stereocenters. The number of hydrogen-bond donors (Lipinski definition) is 1. The maximum absolute atomic E-state index is 6.16. The molecule has 2 rings (SSSR count). The maximum atomic E-state index is 6.16. The normalized spacial score (nSPS) is 23.2. The number of nitrogens with zero attached hydrogens (tertiary/aromatic N) is 1. The van der Waals surface area contributed by atoms with Gasteiger partial charge in [-0.1, -0.05) is 37.6 Å². The number of halogens is 1. The zero-order chi connectivity index (χ0) is 14.8. The van der Waals surface area contributed by atoms with Crippen LogP contribution in [0.15, 0.2) is 24.3 Å². The zero-order valence-electron chi connectivity index (χ0n) is 12.9. The Kier molecular flexibility index (Phi) is 5.11. The molecule has 0 saturated carbocycles. The molecule has 0 radical (unpaired) electrons. The van der Waals surface area contributed by atoms with Gasteiger partial charge >= 0.3 is 0 Å².